The molecule has 2 aromatic rings. The van der Waals surface area contributed by atoms with Crippen molar-refractivity contribution >= 4 is 53.9 Å². The van der Waals surface area contributed by atoms with Crippen LogP contribution in [0.25, 0.3) is 10.4 Å². The number of allylic oxidation sites excluding steroid dienone is 2. The van der Waals surface area contributed by atoms with E-state index in [0.717, 1.165) is 0 Å². The molecular weight excluding hydrogens is 306 g/mol. The molecule has 3 heteroatoms. The fraction of sp³-hybridized carbons (Fsp3) is 0.273. The van der Waals surface area contributed by atoms with Crippen molar-refractivity contribution in [2.24, 2.45) is 0 Å². The molecule has 2 aliphatic carbocycles. The Morgan fingerprint density at radius 3 is 1.44 bits per heavy atom. The summed E-state index contributed by atoms with van der Waals surface area (Å²) < 4.78 is 1.10. The molecule has 2 aromatic carbocycles. The molecule has 0 fully saturated rings. The molecular formula is C22H22Li2Si. The van der Waals surface area contributed by atoms with E-state index in [0.29, 0.717) is 9.18 Å². The minimum absolute atomic E-state index is 0.549. The van der Waals surface area contributed by atoms with Crippen LogP contribution in [0, 0.1) is 0 Å². The van der Waals surface area contributed by atoms with Crippen LogP contribution < -0.4 is 0 Å². The third-order valence-corrected chi connectivity index (χ3v) is 10.6. The minimum atomic E-state index is -1.79. The second-order valence-corrected chi connectivity index (χ2v) is 12.6. The van der Waals surface area contributed by atoms with E-state index in [4.69, 9.17) is 0 Å². The summed E-state index contributed by atoms with van der Waals surface area (Å²) in [5.74, 6) is 0. The van der Waals surface area contributed by atoms with Gasteiger partial charge in [0, 0.05) is 0 Å². The molecule has 0 radical (unpaired) electrons. The Morgan fingerprint density at radius 2 is 1.04 bits per heavy atom. The van der Waals surface area contributed by atoms with Crippen LogP contribution in [0.15, 0.2) is 59.7 Å². The number of hydrogen-bond acceptors (Lipinski definition) is 0. The van der Waals surface area contributed by atoms with Gasteiger partial charge in [0.05, 0.1) is 0 Å². The third-order valence-electron chi connectivity index (χ3n) is 6.73. The number of fused-ring (bicyclic) bond motifs is 2. The van der Waals surface area contributed by atoms with Gasteiger partial charge >= 0.3 is 172 Å². The average molecular weight is 328 g/mol. The van der Waals surface area contributed by atoms with E-state index < -0.39 is 8.07 Å². The van der Waals surface area contributed by atoms with Gasteiger partial charge in [0.1, 0.15) is 0 Å². The van der Waals surface area contributed by atoms with Crippen molar-refractivity contribution in [3.05, 3.63) is 81.9 Å². The Hall–Kier alpha value is -0.668. The summed E-state index contributed by atoms with van der Waals surface area (Å²) in [6, 6.07) is 18.2. The molecule has 0 nitrogen and oxygen atoms in total. The molecule has 0 amide bonds. The van der Waals surface area contributed by atoms with Gasteiger partial charge in [-0.3, -0.25) is 0 Å². The topological polar surface area (TPSA) is 0 Å². The third kappa shape index (κ3) is 2.49. The molecule has 2 atom stereocenters. The van der Waals surface area contributed by atoms with Crippen LogP contribution >= 0.6 is 0 Å². The van der Waals surface area contributed by atoms with Crippen molar-refractivity contribution < 1.29 is 0 Å². The fourth-order valence-electron chi connectivity index (χ4n) is 5.31. The van der Waals surface area contributed by atoms with Crippen molar-refractivity contribution in [1.82, 2.24) is 0 Å². The molecule has 2 unspecified atom stereocenters. The predicted molar refractivity (Wildman–Crippen MR) is 113 cm³/mol. The van der Waals surface area contributed by atoms with Crippen molar-refractivity contribution in [2.75, 3.05) is 0 Å². The van der Waals surface area contributed by atoms with Gasteiger partial charge in [-0.2, -0.15) is 0 Å². The standard InChI is InChI=1S/C22H22Si.2Li/c1-15-13-17-9-5-7-11-19(17)21(15)23(3,4)22-16(2)14-18-10-6-8-12-20(18)22;;/h5-14H,1-4H3;;. The molecule has 0 heterocycles. The van der Waals surface area contributed by atoms with E-state index >= 15 is 0 Å². The van der Waals surface area contributed by atoms with Gasteiger partial charge in [0.25, 0.3) is 0 Å². The van der Waals surface area contributed by atoms with Crippen molar-refractivity contribution in [2.45, 2.75) is 36.1 Å². The molecule has 0 aromatic heterocycles. The Labute approximate surface area is 171 Å². The summed E-state index contributed by atoms with van der Waals surface area (Å²) in [6.45, 7) is 9.87. The Morgan fingerprint density at radius 1 is 0.680 bits per heavy atom. The first-order valence-corrected chi connectivity index (χ1v) is 12.5. The first-order valence-electron chi connectivity index (χ1n) is 9.46. The van der Waals surface area contributed by atoms with Gasteiger partial charge < -0.3 is 0 Å². The summed E-state index contributed by atoms with van der Waals surface area (Å²) in [6.07, 6.45) is 0. The van der Waals surface area contributed by atoms with E-state index in [9.17, 15) is 0 Å². The van der Waals surface area contributed by atoms with Crippen molar-refractivity contribution in [3.63, 3.8) is 0 Å². The SMILES string of the molecule is [Li][CH]1C(C)=C([Si](C)(C)C2=C(C)[CH]([Li])c3ccccc32)c2ccccc21. The van der Waals surface area contributed by atoms with Crippen molar-refractivity contribution in [1.29, 1.82) is 0 Å². The normalized spacial score (nSPS) is 22.6. The Balaban J connectivity index is 1.95. The van der Waals surface area contributed by atoms with E-state index in [2.05, 4.69) is 111 Å². The van der Waals surface area contributed by atoms with Crippen LogP contribution in [-0.4, -0.2) is 43.5 Å². The molecule has 0 aliphatic heterocycles. The zero-order valence-electron chi connectivity index (χ0n) is 16.3. The quantitative estimate of drug-likeness (QED) is 0.667. The van der Waals surface area contributed by atoms with Gasteiger partial charge in [0.15, 0.2) is 0 Å². The first-order chi connectivity index (χ1) is 11.9. The van der Waals surface area contributed by atoms with Gasteiger partial charge in [-0.25, -0.2) is 0 Å². The average Bonchev–Trinajstić information content (AvgIpc) is 3.01. The molecule has 4 rings (SSSR count). The van der Waals surface area contributed by atoms with Gasteiger partial charge in [0.2, 0.25) is 0 Å². The van der Waals surface area contributed by atoms with Gasteiger partial charge in [-0.05, 0) is 0 Å². The zero-order chi connectivity index (χ0) is 17.9. The molecule has 0 saturated heterocycles. The van der Waals surface area contributed by atoms with Crippen LogP contribution in [0.3, 0.4) is 0 Å². The van der Waals surface area contributed by atoms with E-state index in [1.165, 1.54) is 22.3 Å². The number of hydrogen-bond donors (Lipinski definition) is 0. The summed E-state index contributed by atoms with van der Waals surface area (Å²) >= 11 is 4.75. The Kier molecular flexibility index (Phi) is 4.40. The zero-order valence-corrected chi connectivity index (χ0v) is 17.3. The molecule has 2 aliphatic rings. The van der Waals surface area contributed by atoms with E-state index in [-0.39, 0.29) is 0 Å². The van der Waals surface area contributed by atoms with E-state index in [1.807, 2.05) is 0 Å². The number of rotatable bonds is 2. The monoisotopic (exact) mass is 328 g/mol. The van der Waals surface area contributed by atoms with Crippen LogP contribution in [0.1, 0.15) is 45.3 Å². The first kappa shape index (κ1) is 17.7. The maximum absolute atomic E-state index is 2.56. The van der Waals surface area contributed by atoms with Gasteiger partial charge in [-0.15, -0.1) is 0 Å². The molecule has 116 valence electrons. The molecule has 25 heavy (non-hydrogen) atoms. The van der Waals surface area contributed by atoms with Gasteiger partial charge in [-0.1, -0.05) is 0 Å². The Bertz CT molecular complexity index is 861. The predicted octanol–water partition coefficient (Wildman–Crippen LogP) is 5.17. The fourth-order valence-corrected chi connectivity index (χ4v) is 9.77. The maximum atomic E-state index is 2.56. The summed E-state index contributed by atoms with van der Waals surface area (Å²) in [7, 11) is -1.79. The second kappa shape index (κ2) is 6.20. The number of benzene rings is 2. The summed E-state index contributed by atoms with van der Waals surface area (Å²) in [5.41, 5.74) is 9.26. The van der Waals surface area contributed by atoms with Crippen LogP contribution in [0.4, 0.5) is 0 Å². The molecule has 0 saturated carbocycles. The van der Waals surface area contributed by atoms with Crippen molar-refractivity contribution in [3.8, 4) is 0 Å². The van der Waals surface area contributed by atoms with Crippen LogP contribution in [0.2, 0.25) is 13.1 Å². The van der Waals surface area contributed by atoms with E-state index in [1.54, 1.807) is 21.5 Å². The molecule has 0 bridgehead atoms. The summed E-state index contributed by atoms with van der Waals surface area (Å²) in [5, 5.41) is 3.35. The second-order valence-electron chi connectivity index (χ2n) is 8.36. The van der Waals surface area contributed by atoms with Crippen LogP contribution in [-0.2, 0) is 0 Å². The summed E-state index contributed by atoms with van der Waals surface area (Å²) in [4.78, 5) is 0. The van der Waals surface area contributed by atoms with Crippen LogP contribution in [0.5, 0.6) is 0 Å². The molecule has 0 N–H and O–H groups in total. The molecule has 0 spiro atoms.